The maximum absolute atomic E-state index is 13.1. The fourth-order valence-electron chi connectivity index (χ4n) is 3.58. The summed E-state index contributed by atoms with van der Waals surface area (Å²) in [5, 5.41) is 17.3. The Hall–Kier alpha value is -2.68. The van der Waals surface area contributed by atoms with Gasteiger partial charge in [-0.25, -0.2) is 4.79 Å². The number of carbonyl (C=O) groups excluding carboxylic acids is 4. The lowest BCUT2D eigenvalue weighted by Gasteiger charge is -2.33. The highest BCUT2D eigenvalue weighted by atomic mass is 16.5. The largest absolute Gasteiger partial charge is 0.460 e. The number of hydrogen-bond acceptors (Lipinski definition) is 6. The molecule has 0 saturated heterocycles. The van der Waals surface area contributed by atoms with Crippen LogP contribution in [0.3, 0.4) is 0 Å². The number of cyclic esters (lactones) is 1. The number of allylic oxidation sites excluding steroid dienone is 1. The second kappa shape index (κ2) is 13.0. The Morgan fingerprint density at radius 2 is 1.75 bits per heavy atom. The summed E-state index contributed by atoms with van der Waals surface area (Å²) >= 11 is 0. The van der Waals surface area contributed by atoms with Crippen molar-refractivity contribution < 1.29 is 29.0 Å². The summed E-state index contributed by atoms with van der Waals surface area (Å²) in [6, 6.07) is -1.86. The molecule has 180 valence electrons. The number of aliphatic hydroxyl groups excluding tert-OH is 1. The molecule has 4 N–H and O–H groups in total. The minimum absolute atomic E-state index is 0.0745. The second-order valence-electron chi connectivity index (χ2n) is 8.59. The lowest BCUT2D eigenvalue weighted by atomic mass is 9.86. The molecular formula is C23H37N3O6. The van der Waals surface area contributed by atoms with Crippen LogP contribution in [0.25, 0.3) is 0 Å². The summed E-state index contributed by atoms with van der Waals surface area (Å²) < 4.78 is 5.83. The zero-order chi connectivity index (χ0) is 24.4. The molecule has 3 amide bonds. The van der Waals surface area contributed by atoms with Crippen LogP contribution in [0.2, 0.25) is 0 Å². The van der Waals surface area contributed by atoms with Gasteiger partial charge >= 0.3 is 5.97 Å². The quantitative estimate of drug-likeness (QED) is 0.448. The molecule has 1 aliphatic heterocycles. The third-order valence-electron chi connectivity index (χ3n) is 5.42. The molecule has 0 aromatic carbocycles. The SMILES string of the molecule is C=C1/C=C/C(=O)N[C@@H](C)C(=O)N[C@H](C(C)C)C(=O)O[C@H]([C@@H](C)CCC)[C@@H](CCO)C(=O)N1. The van der Waals surface area contributed by atoms with Crippen molar-refractivity contribution in [2.45, 2.75) is 72.1 Å². The molecule has 0 radical (unpaired) electrons. The standard InChI is InChI=1S/C23H37N3O6/c1-7-8-14(4)20-17(11-12-27)22(30)24-15(5)9-10-18(28)25-16(6)21(29)26-19(13(2)3)23(31)32-20/h9-10,13-14,16-17,19-20,27H,5,7-8,11-12H2,1-4,6H3,(H,24,30)(H,25,28)(H,26,29)/b10-9+/t14-,16-,17+,19+,20+/m0/s1. The van der Waals surface area contributed by atoms with Gasteiger partial charge in [-0.05, 0) is 37.7 Å². The topological polar surface area (TPSA) is 134 Å². The van der Waals surface area contributed by atoms with E-state index in [1.807, 2.05) is 13.8 Å². The van der Waals surface area contributed by atoms with E-state index < -0.39 is 47.8 Å². The molecule has 1 heterocycles. The van der Waals surface area contributed by atoms with E-state index in [4.69, 9.17) is 4.74 Å². The predicted molar refractivity (Wildman–Crippen MR) is 120 cm³/mol. The van der Waals surface area contributed by atoms with E-state index in [2.05, 4.69) is 22.5 Å². The van der Waals surface area contributed by atoms with E-state index >= 15 is 0 Å². The summed E-state index contributed by atoms with van der Waals surface area (Å²) in [5.41, 5.74) is 0.161. The molecular weight excluding hydrogens is 414 g/mol. The van der Waals surface area contributed by atoms with Gasteiger partial charge in [-0.15, -0.1) is 0 Å². The van der Waals surface area contributed by atoms with Gasteiger partial charge in [0.2, 0.25) is 17.7 Å². The number of nitrogens with one attached hydrogen (secondary N) is 3. The van der Waals surface area contributed by atoms with Crippen LogP contribution in [-0.2, 0) is 23.9 Å². The maximum Gasteiger partial charge on any atom is 0.329 e. The van der Waals surface area contributed by atoms with Crippen molar-refractivity contribution in [3.8, 4) is 0 Å². The van der Waals surface area contributed by atoms with E-state index in [1.165, 1.54) is 13.0 Å². The summed E-state index contributed by atoms with van der Waals surface area (Å²) in [4.78, 5) is 50.8. The molecule has 1 rings (SSSR count). The number of hydrogen-bond donors (Lipinski definition) is 4. The molecule has 0 spiro atoms. The number of esters is 1. The molecule has 0 aromatic heterocycles. The summed E-state index contributed by atoms with van der Waals surface area (Å²) in [7, 11) is 0. The number of rotatable bonds is 6. The highest BCUT2D eigenvalue weighted by molar-refractivity contribution is 5.94. The average Bonchev–Trinajstić information content (AvgIpc) is 2.71. The fourth-order valence-corrected chi connectivity index (χ4v) is 3.58. The highest BCUT2D eigenvalue weighted by Gasteiger charge is 2.38. The molecule has 0 aliphatic carbocycles. The van der Waals surface area contributed by atoms with E-state index in [0.29, 0.717) is 6.42 Å². The lowest BCUT2D eigenvalue weighted by Crippen LogP contribution is -2.53. The van der Waals surface area contributed by atoms with Crippen molar-refractivity contribution in [2.75, 3.05) is 6.61 Å². The zero-order valence-electron chi connectivity index (χ0n) is 19.6. The van der Waals surface area contributed by atoms with E-state index in [9.17, 15) is 24.3 Å². The fraction of sp³-hybridized carbons (Fsp3) is 0.652. The van der Waals surface area contributed by atoms with Gasteiger partial charge in [-0.1, -0.05) is 40.7 Å². The normalized spacial score (nSPS) is 28.0. The van der Waals surface area contributed by atoms with Gasteiger partial charge in [-0.2, -0.15) is 0 Å². The van der Waals surface area contributed by atoms with E-state index in [-0.39, 0.29) is 30.6 Å². The van der Waals surface area contributed by atoms with Crippen molar-refractivity contribution in [1.82, 2.24) is 16.0 Å². The molecule has 0 unspecified atom stereocenters. The van der Waals surface area contributed by atoms with Gasteiger partial charge in [0.05, 0.1) is 5.92 Å². The van der Waals surface area contributed by atoms with Gasteiger partial charge < -0.3 is 25.8 Å². The van der Waals surface area contributed by atoms with E-state index in [1.54, 1.807) is 13.8 Å². The van der Waals surface area contributed by atoms with Gasteiger partial charge in [0.15, 0.2) is 0 Å². The van der Waals surface area contributed by atoms with Gasteiger partial charge in [0.25, 0.3) is 0 Å². The molecule has 0 saturated carbocycles. The maximum atomic E-state index is 13.1. The van der Waals surface area contributed by atoms with Gasteiger partial charge in [0, 0.05) is 18.4 Å². The van der Waals surface area contributed by atoms with Crippen LogP contribution in [0, 0.1) is 17.8 Å². The first-order valence-electron chi connectivity index (χ1n) is 11.1. The second-order valence-corrected chi connectivity index (χ2v) is 8.59. The van der Waals surface area contributed by atoms with Crippen molar-refractivity contribution in [3.05, 3.63) is 24.4 Å². The van der Waals surface area contributed by atoms with Crippen molar-refractivity contribution >= 4 is 23.7 Å². The van der Waals surface area contributed by atoms with Gasteiger partial charge in [0.1, 0.15) is 18.2 Å². The number of ether oxygens (including phenoxy) is 1. The van der Waals surface area contributed by atoms with Crippen LogP contribution in [-0.4, -0.2) is 53.6 Å². The molecule has 9 heteroatoms. The lowest BCUT2D eigenvalue weighted by molar-refractivity contribution is -0.162. The smallest absolute Gasteiger partial charge is 0.329 e. The van der Waals surface area contributed by atoms with Crippen molar-refractivity contribution in [1.29, 1.82) is 0 Å². The van der Waals surface area contributed by atoms with Crippen molar-refractivity contribution in [3.63, 3.8) is 0 Å². The number of amides is 3. The summed E-state index contributed by atoms with van der Waals surface area (Å²) in [6.45, 7) is 12.3. The highest BCUT2D eigenvalue weighted by Crippen LogP contribution is 2.26. The summed E-state index contributed by atoms with van der Waals surface area (Å²) in [5.74, 6) is -3.52. The van der Waals surface area contributed by atoms with Crippen LogP contribution < -0.4 is 16.0 Å². The van der Waals surface area contributed by atoms with Crippen LogP contribution in [0.15, 0.2) is 24.4 Å². The third-order valence-corrected chi connectivity index (χ3v) is 5.42. The van der Waals surface area contributed by atoms with Crippen LogP contribution >= 0.6 is 0 Å². The average molecular weight is 452 g/mol. The summed E-state index contributed by atoms with van der Waals surface area (Å²) in [6.07, 6.45) is 3.25. The predicted octanol–water partition coefficient (Wildman–Crippen LogP) is 1.18. The molecule has 0 bridgehead atoms. The first-order chi connectivity index (χ1) is 15.0. The monoisotopic (exact) mass is 451 g/mol. The minimum atomic E-state index is -0.966. The Morgan fingerprint density at radius 1 is 1.09 bits per heavy atom. The molecule has 0 fully saturated rings. The third kappa shape index (κ3) is 8.11. The van der Waals surface area contributed by atoms with Crippen molar-refractivity contribution in [2.24, 2.45) is 17.8 Å². The molecule has 5 atom stereocenters. The van der Waals surface area contributed by atoms with E-state index in [0.717, 1.165) is 12.5 Å². The Balaban J connectivity index is 3.42. The minimum Gasteiger partial charge on any atom is -0.460 e. The number of carbonyl (C=O) groups is 4. The van der Waals surface area contributed by atoms with Crippen LogP contribution in [0.4, 0.5) is 0 Å². The van der Waals surface area contributed by atoms with Crippen LogP contribution in [0.1, 0.15) is 53.9 Å². The Morgan fingerprint density at radius 3 is 2.31 bits per heavy atom. The first-order valence-corrected chi connectivity index (χ1v) is 11.1. The number of aliphatic hydroxyl groups is 1. The Kier molecular flexibility index (Phi) is 11.1. The molecule has 0 aromatic rings. The molecule has 9 nitrogen and oxygen atoms in total. The Labute approximate surface area is 190 Å². The zero-order valence-corrected chi connectivity index (χ0v) is 19.6. The van der Waals surface area contributed by atoms with Gasteiger partial charge in [-0.3, -0.25) is 14.4 Å². The molecule has 1 aliphatic rings. The first kappa shape index (κ1) is 27.4. The van der Waals surface area contributed by atoms with Crippen LogP contribution in [0.5, 0.6) is 0 Å². The Bertz CT molecular complexity index is 733. The molecule has 32 heavy (non-hydrogen) atoms.